The molecule has 0 aromatic carbocycles. The number of rotatable bonds is 3. The van der Waals surface area contributed by atoms with E-state index < -0.39 is 0 Å². The first kappa shape index (κ1) is 12.5. The highest BCUT2D eigenvalue weighted by Gasteiger charge is 2.07. The third-order valence-electron chi connectivity index (χ3n) is 3.17. The number of aromatic nitrogens is 5. The van der Waals surface area contributed by atoms with Gasteiger partial charge in [-0.1, -0.05) is 0 Å². The molecule has 6 heteroatoms. The van der Waals surface area contributed by atoms with Gasteiger partial charge in [0.25, 0.3) is 0 Å². The highest BCUT2D eigenvalue weighted by Crippen LogP contribution is 2.19. The van der Waals surface area contributed by atoms with Gasteiger partial charge in [0.05, 0.1) is 29.8 Å². The molecule has 3 aromatic rings. The van der Waals surface area contributed by atoms with Gasteiger partial charge in [-0.2, -0.15) is 5.10 Å². The van der Waals surface area contributed by atoms with E-state index in [1.54, 1.807) is 10.9 Å². The smallest absolute Gasteiger partial charge is 0.157 e. The third-order valence-corrected chi connectivity index (χ3v) is 3.17. The lowest BCUT2D eigenvalue weighted by atomic mass is 10.2. The molecule has 0 spiro atoms. The number of hydrogen-bond donors (Lipinski definition) is 1. The van der Waals surface area contributed by atoms with E-state index in [1.807, 2.05) is 33.2 Å². The van der Waals surface area contributed by atoms with Gasteiger partial charge in [0.1, 0.15) is 5.82 Å². The van der Waals surface area contributed by atoms with Crippen molar-refractivity contribution in [2.24, 2.45) is 7.05 Å². The van der Waals surface area contributed by atoms with Crippen molar-refractivity contribution < 1.29 is 0 Å². The van der Waals surface area contributed by atoms with Gasteiger partial charge >= 0.3 is 0 Å². The van der Waals surface area contributed by atoms with Crippen molar-refractivity contribution in [3.05, 3.63) is 41.7 Å². The number of hydrogen-bond acceptors (Lipinski definition) is 5. The fraction of sp³-hybridized carbons (Fsp3) is 0.286. The van der Waals surface area contributed by atoms with Gasteiger partial charge in [-0.15, -0.1) is 0 Å². The largest absolute Gasteiger partial charge is 0.378 e. The summed E-state index contributed by atoms with van der Waals surface area (Å²) in [4.78, 5) is 12.9. The van der Waals surface area contributed by atoms with Crippen LogP contribution in [0.25, 0.3) is 11.0 Å². The van der Waals surface area contributed by atoms with Crippen LogP contribution in [-0.2, 0) is 13.6 Å². The van der Waals surface area contributed by atoms with Crippen LogP contribution >= 0.6 is 0 Å². The molecule has 0 atom stereocenters. The molecule has 3 rings (SSSR count). The van der Waals surface area contributed by atoms with Crippen molar-refractivity contribution in [1.29, 1.82) is 0 Å². The molecule has 1 N–H and O–H groups in total. The van der Waals surface area contributed by atoms with E-state index in [0.29, 0.717) is 6.54 Å². The molecule has 20 heavy (non-hydrogen) atoms. The van der Waals surface area contributed by atoms with E-state index in [2.05, 4.69) is 31.4 Å². The van der Waals surface area contributed by atoms with Crippen molar-refractivity contribution in [1.82, 2.24) is 24.7 Å². The average molecular weight is 268 g/mol. The van der Waals surface area contributed by atoms with Crippen molar-refractivity contribution in [3.8, 4) is 0 Å². The molecule has 3 heterocycles. The van der Waals surface area contributed by atoms with Crippen LogP contribution in [0.5, 0.6) is 0 Å². The van der Waals surface area contributed by atoms with E-state index in [9.17, 15) is 0 Å². The number of pyridine rings is 1. The van der Waals surface area contributed by atoms with E-state index >= 15 is 0 Å². The van der Waals surface area contributed by atoms with Crippen LogP contribution in [0.1, 0.15) is 17.2 Å². The lowest BCUT2D eigenvalue weighted by Gasteiger charge is -2.06. The lowest BCUT2D eigenvalue weighted by Crippen LogP contribution is -2.03. The zero-order chi connectivity index (χ0) is 14.1. The summed E-state index contributed by atoms with van der Waals surface area (Å²) in [7, 11) is 1.90. The summed E-state index contributed by atoms with van der Waals surface area (Å²) < 4.78 is 1.79. The van der Waals surface area contributed by atoms with Crippen LogP contribution in [0.4, 0.5) is 5.69 Å². The molecule has 0 saturated carbocycles. The van der Waals surface area contributed by atoms with E-state index in [4.69, 9.17) is 0 Å². The maximum atomic E-state index is 4.44. The van der Waals surface area contributed by atoms with Gasteiger partial charge in [-0.3, -0.25) is 4.68 Å². The van der Waals surface area contributed by atoms with Gasteiger partial charge in [-0.05, 0) is 26.0 Å². The molecule has 6 nitrogen and oxygen atoms in total. The molecule has 0 radical (unpaired) electrons. The topological polar surface area (TPSA) is 68.5 Å². The van der Waals surface area contributed by atoms with Gasteiger partial charge < -0.3 is 5.32 Å². The lowest BCUT2D eigenvalue weighted by molar-refractivity contribution is 0.774. The summed E-state index contributed by atoms with van der Waals surface area (Å²) in [6.07, 6.45) is 3.59. The van der Waals surface area contributed by atoms with Crippen LogP contribution < -0.4 is 5.32 Å². The Balaban J connectivity index is 1.83. The van der Waals surface area contributed by atoms with Gasteiger partial charge in [0, 0.05) is 18.6 Å². The number of fused-ring (bicyclic) bond motifs is 1. The standard InChI is InChI=1S/C14H16N6/c1-9-13-6-12(8-17-14(13)20(3)19-9)16-7-11-4-5-15-10(2)18-11/h4-6,8,16H,7H2,1-3H3. The maximum absolute atomic E-state index is 4.44. The number of nitrogens with zero attached hydrogens (tertiary/aromatic N) is 5. The SMILES string of the molecule is Cc1nccc(CNc2cnc3c(c2)c(C)nn3C)n1. The monoisotopic (exact) mass is 268 g/mol. The number of aryl methyl sites for hydroxylation is 3. The first-order chi connectivity index (χ1) is 9.63. The summed E-state index contributed by atoms with van der Waals surface area (Å²) >= 11 is 0. The Bertz CT molecular complexity index is 761. The predicted octanol–water partition coefficient (Wildman–Crippen LogP) is 1.99. The van der Waals surface area contributed by atoms with E-state index in [-0.39, 0.29) is 0 Å². The van der Waals surface area contributed by atoms with Crippen LogP contribution in [-0.4, -0.2) is 24.7 Å². The van der Waals surface area contributed by atoms with Crippen molar-refractivity contribution in [2.45, 2.75) is 20.4 Å². The zero-order valence-electron chi connectivity index (χ0n) is 11.8. The Kier molecular flexibility index (Phi) is 3.06. The second kappa shape index (κ2) is 4.88. The number of anilines is 1. The average Bonchev–Trinajstić information content (AvgIpc) is 2.72. The molecule has 0 unspecified atom stereocenters. The molecule has 102 valence electrons. The summed E-state index contributed by atoms with van der Waals surface area (Å²) in [5, 5.41) is 8.76. The normalized spacial score (nSPS) is 10.9. The third kappa shape index (κ3) is 2.32. The van der Waals surface area contributed by atoms with Crippen LogP contribution in [0, 0.1) is 13.8 Å². The number of nitrogens with one attached hydrogen (secondary N) is 1. The Morgan fingerprint density at radius 1 is 1.25 bits per heavy atom. The van der Waals surface area contributed by atoms with Crippen molar-refractivity contribution in [3.63, 3.8) is 0 Å². The van der Waals surface area contributed by atoms with E-state index in [1.165, 1.54) is 0 Å². The Morgan fingerprint density at radius 3 is 2.90 bits per heavy atom. The Morgan fingerprint density at radius 2 is 2.10 bits per heavy atom. The highest BCUT2D eigenvalue weighted by atomic mass is 15.3. The molecule has 0 saturated heterocycles. The first-order valence-electron chi connectivity index (χ1n) is 6.45. The fourth-order valence-electron chi connectivity index (χ4n) is 2.20. The predicted molar refractivity (Wildman–Crippen MR) is 77.3 cm³/mol. The van der Waals surface area contributed by atoms with Gasteiger partial charge in [0.2, 0.25) is 0 Å². The molecule has 0 amide bonds. The minimum absolute atomic E-state index is 0.649. The zero-order valence-corrected chi connectivity index (χ0v) is 11.8. The minimum Gasteiger partial charge on any atom is -0.378 e. The Hall–Kier alpha value is -2.50. The van der Waals surface area contributed by atoms with Crippen LogP contribution in [0.3, 0.4) is 0 Å². The molecule has 3 aromatic heterocycles. The van der Waals surface area contributed by atoms with Crippen molar-refractivity contribution >= 4 is 16.7 Å². The van der Waals surface area contributed by atoms with Crippen LogP contribution in [0.2, 0.25) is 0 Å². The molecule has 0 aliphatic carbocycles. The summed E-state index contributed by atoms with van der Waals surface area (Å²) in [6, 6.07) is 3.97. The fourth-order valence-corrected chi connectivity index (χ4v) is 2.20. The minimum atomic E-state index is 0.649. The summed E-state index contributed by atoms with van der Waals surface area (Å²) in [6.45, 7) is 4.52. The molecule has 0 bridgehead atoms. The summed E-state index contributed by atoms with van der Waals surface area (Å²) in [5.74, 6) is 0.779. The molecule has 0 aliphatic rings. The molecule has 0 fully saturated rings. The second-order valence-electron chi connectivity index (χ2n) is 4.75. The maximum Gasteiger partial charge on any atom is 0.157 e. The summed E-state index contributed by atoms with van der Waals surface area (Å²) in [5.41, 5.74) is 3.80. The van der Waals surface area contributed by atoms with Crippen molar-refractivity contribution in [2.75, 3.05) is 5.32 Å². The second-order valence-corrected chi connectivity index (χ2v) is 4.75. The molecular formula is C14H16N6. The highest BCUT2D eigenvalue weighted by molar-refractivity contribution is 5.81. The first-order valence-corrected chi connectivity index (χ1v) is 6.45. The quantitative estimate of drug-likeness (QED) is 0.786. The van der Waals surface area contributed by atoms with Crippen LogP contribution in [0.15, 0.2) is 24.5 Å². The Labute approximate surface area is 116 Å². The van der Waals surface area contributed by atoms with Gasteiger partial charge in [-0.25, -0.2) is 15.0 Å². The molecule has 0 aliphatic heterocycles. The molecular weight excluding hydrogens is 252 g/mol. The van der Waals surface area contributed by atoms with Gasteiger partial charge in [0.15, 0.2) is 5.65 Å². The van der Waals surface area contributed by atoms with E-state index in [0.717, 1.165) is 33.9 Å².